The van der Waals surface area contributed by atoms with Crippen LogP contribution in [0.4, 0.5) is 4.39 Å². The number of aryl methyl sites for hydroxylation is 1. The van der Waals surface area contributed by atoms with Crippen LogP contribution in [0.5, 0.6) is 5.88 Å². The molecule has 0 radical (unpaired) electrons. The van der Waals surface area contributed by atoms with Gasteiger partial charge in [-0.15, -0.1) is 16.9 Å². The number of nitrogens with zero attached hydrogens (tertiary/aromatic N) is 2. The molecule has 3 rings (SSSR count). The number of halogens is 1. The van der Waals surface area contributed by atoms with E-state index in [0.29, 0.717) is 22.4 Å². The van der Waals surface area contributed by atoms with Crippen molar-refractivity contribution in [1.29, 1.82) is 0 Å². The number of benzene rings is 1. The third-order valence-corrected chi connectivity index (χ3v) is 6.62. The first kappa shape index (κ1) is 22.7. The quantitative estimate of drug-likeness (QED) is 0.538. The first-order chi connectivity index (χ1) is 14.1. The number of hydrogen-bond acceptors (Lipinski definition) is 8. The van der Waals surface area contributed by atoms with Gasteiger partial charge in [0.05, 0.1) is 23.7 Å². The lowest BCUT2D eigenvalue weighted by Gasteiger charge is -2.38. The number of aliphatic hydroxyl groups is 4. The summed E-state index contributed by atoms with van der Waals surface area (Å²) in [4.78, 5) is 12.0. The molecule has 1 aromatic carbocycles. The molecule has 0 aliphatic carbocycles. The standard InChI is InChI=1S/C20H25FN2O6S/c1-9-4-5-12(7-14(9)21)6-13-10(2)23(11(3)25)22-19(13)29-20-18(28)17(27)16(26)15(8-24)30-20/h4-5,7,15-18,20,24,26-28H,6,8H2,1-3H3/t15-,16-,17+,18-,20-/m1/s1. The molecule has 10 heteroatoms. The highest BCUT2D eigenvalue weighted by atomic mass is 32.2. The highest BCUT2D eigenvalue weighted by Crippen LogP contribution is 2.36. The van der Waals surface area contributed by atoms with Crippen molar-refractivity contribution in [1.82, 2.24) is 9.78 Å². The second kappa shape index (κ2) is 9.03. The average molecular weight is 440 g/mol. The van der Waals surface area contributed by atoms with Gasteiger partial charge in [-0.25, -0.2) is 9.07 Å². The van der Waals surface area contributed by atoms with Crippen LogP contribution in [0.2, 0.25) is 0 Å². The lowest BCUT2D eigenvalue weighted by molar-refractivity contribution is -0.0915. The minimum Gasteiger partial charge on any atom is -0.459 e. The van der Waals surface area contributed by atoms with E-state index in [1.165, 1.54) is 13.0 Å². The molecule has 4 N–H and O–H groups in total. The summed E-state index contributed by atoms with van der Waals surface area (Å²) in [6.45, 7) is 4.25. The molecule has 1 aliphatic heterocycles. The van der Waals surface area contributed by atoms with Gasteiger partial charge in [0.25, 0.3) is 0 Å². The first-order valence-corrected chi connectivity index (χ1v) is 10.4. The Kier molecular flexibility index (Phi) is 6.83. The van der Waals surface area contributed by atoms with Crippen LogP contribution >= 0.6 is 11.8 Å². The Morgan fingerprint density at radius 1 is 1.23 bits per heavy atom. The molecule has 0 bridgehead atoms. The van der Waals surface area contributed by atoms with Crippen LogP contribution in [0.1, 0.15) is 34.1 Å². The number of aromatic nitrogens is 2. The summed E-state index contributed by atoms with van der Waals surface area (Å²) in [5, 5.41) is 43.2. The second-order valence-electron chi connectivity index (χ2n) is 7.38. The van der Waals surface area contributed by atoms with Gasteiger partial charge in [-0.2, -0.15) is 0 Å². The van der Waals surface area contributed by atoms with E-state index in [9.17, 15) is 29.6 Å². The highest BCUT2D eigenvalue weighted by Gasteiger charge is 2.45. The van der Waals surface area contributed by atoms with Crippen LogP contribution in [0.3, 0.4) is 0 Å². The predicted molar refractivity (Wildman–Crippen MR) is 108 cm³/mol. The van der Waals surface area contributed by atoms with Gasteiger partial charge < -0.3 is 25.2 Å². The van der Waals surface area contributed by atoms with Crippen molar-refractivity contribution in [2.75, 3.05) is 6.61 Å². The minimum atomic E-state index is -1.51. The van der Waals surface area contributed by atoms with Gasteiger partial charge in [-0.05, 0) is 31.0 Å². The molecule has 1 saturated heterocycles. The maximum absolute atomic E-state index is 14.0. The van der Waals surface area contributed by atoms with Crippen LogP contribution in [0.15, 0.2) is 18.2 Å². The molecule has 0 spiro atoms. The molecule has 0 unspecified atom stereocenters. The lowest BCUT2D eigenvalue weighted by Crippen LogP contribution is -2.55. The Morgan fingerprint density at radius 2 is 1.93 bits per heavy atom. The van der Waals surface area contributed by atoms with Gasteiger partial charge in [0.15, 0.2) is 5.44 Å². The molecule has 164 valence electrons. The molecule has 0 amide bonds. The number of hydrogen-bond donors (Lipinski definition) is 4. The van der Waals surface area contributed by atoms with Crippen LogP contribution in [0.25, 0.3) is 0 Å². The summed E-state index contributed by atoms with van der Waals surface area (Å²) >= 11 is 0.963. The van der Waals surface area contributed by atoms with E-state index in [0.717, 1.165) is 16.4 Å². The molecule has 1 fully saturated rings. The number of carbonyl (C=O) groups is 1. The number of carbonyl (C=O) groups excluding carboxylic acids is 1. The fraction of sp³-hybridized carbons (Fsp3) is 0.500. The van der Waals surface area contributed by atoms with Crippen LogP contribution < -0.4 is 4.74 Å². The van der Waals surface area contributed by atoms with Crippen LogP contribution in [0, 0.1) is 19.7 Å². The van der Waals surface area contributed by atoms with E-state index in [-0.39, 0.29) is 24.0 Å². The van der Waals surface area contributed by atoms with E-state index in [1.54, 1.807) is 26.0 Å². The Morgan fingerprint density at radius 3 is 2.53 bits per heavy atom. The largest absolute Gasteiger partial charge is 0.459 e. The van der Waals surface area contributed by atoms with Gasteiger partial charge >= 0.3 is 0 Å². The fourth-order valence-corrected chi connectivity index (χ4v) is 4.56. The molecule has 8 nitrogen and oxygen atoms in total. The average Bonchev–Trinajstić information content (AvgIpc) is 3.01. The summed E-state index contributed by atoms with van der Waals surface area (Å²) in [5.74, 6) is -0.646. The van der Waals surface area contributed by atoms with E-state index in [1.807, 2.05) is 0 Å². The summed E-state index contributed by atoms with van der Waals surface area (Å²) in [5.41, 5.74) is 1.16. The molecular formula is C20H25FN2O6S. The highest BCUT2D eigenvalue weighted by molar-refractivity contribution is 8.00. The van der Waals surface area contributed by atoms with E-state index >= 15 is 0 Å². The SMILES string of the molecule is CC(=O)n1nc(O[C@@H]2S[C@H](CO)[C@@H](O)[C@H](O)[C@H]2O)c(Cc2ccc(C)c(F)c2)c1C. The smallest absolute Gasteiger partial charge is 0.244 e. The van der Waals surface area contributed by atoms with Crippen molar-refractivity contribution in [2.45, 2.75) is 56.2 Å². The van der Waals surface area contributed by atoms with Crippen molar-refractivity contribution in [3.8, 4) is 5.88 Å². The maximum Gasteiger partial charge on any atom is 0.244 e. The van der Waals surface area contributed by atoms with E-state index < -0.39 is 35.6 Å². The molecule has 30 heavy (non-hydrogen) atoms. The van der Waals surface area contributed by atoms with Crippen LogP contribution in [-0.4, -0.2) is 71.7 Å². The summed E-state index contributed by atoms with van der Waals surface area (Å²) in [7, 11) is 0. The third-order valence-electron chi connectivity index (χ3n) is 5.20. The first-order valence-electron chi connectivity index (χ1n) is 9.45. The predicted octanol–water partition coefficient (Wildman–Crippen LogP) is 0.785. The fourth-order valence-electron chi connectivity index (χ4n) is 3.34. The molecule has 1 aliphatic rings. The third kappa shape index (κ3) is 4.37. The van der Waals surface area contributed by atoms with Gasteiger partial charge in [0.1, 0.15) is 18.0 Å². The van der Waals surface area contributed by atoms with Gasteiger partial charge in [-0.1, -0.05) is 12.1 Å². The van der Waals surface area contributed by atoms with Gasteiger partial charge in [0, 0.05) is 18.9 Å². The summed E-state index contributed by atoms with van der Waals surface area (Å²) < 4.78 is 21.0. The summed E-state index contributed by atoms with van der Waals surface area (Å²) in [6.07, 6.45) is -4.05. The van der Waals surface area contributed by atoms with Gasteiger partial charge in [-0.3, -0.25) is 4.79 Å². The molecule has 0 saturated carbocycles. The van der Waals surface area contributed by atoms with Crippen LogP contribution in [-0.2, 0) is 6.42 Å². The normalized spacial score (nSPS) is 26.6. The molecule has 5 atom stereocenters. The Hall–Kier alpha value is -1.98. The Balaban J connectivity index is 1.94. The maximum atomic E-state index is 14.0. The molecule has 2 aromatic rings. The van der Waals surface area contributed by atoms with Gasteiger partial charge in [0.2, 0.25) is 11.8 Å². The van der Waals surface area contributed by atoms with Crippen molar-refractivity contribution in [2.24, 2.45) is 0 Å². The van der Waals surface area contributed by atoms with E-state index in [4.69, 9.17) is 4.74 Å². The minimum absolute atomic E-state index is 0.0560. The van der Waals surface area contributed by atoms with Crippen molar-refractivity contribution >= 4 is 17.7 Å². The number of ether oxygens (including phenoxy) is 1. The van der Waals surface area contributed by atoms with Crippen molar-refractivity contribution in [3.63, 3.8) is 0 Å². The Bertz CT molecular complexity index is 934. The molecule has 2 heterocycles. The number of rotatable bonds is 5. The Labute approximate surface area is 177 Å². The van der Waals surface area contributed by atoms with E-state index in [2.05, 4.69) is 5.10 Å². The molecule has 1 aromatic heterocycles. The topological polar surface area (TPSA) is 125 Å². The molecular weight excluding hydrogens is 415 g/mol. The summed E-state index contributed by atoms with van der Waals surface area (Å²) in [6, 6.07) is 4.81. The zero-order chi connectivity index (χ0) is 22.2. The van der Waals surface area contributed by atoms with Crippen molar-refractivity contribution < 1.29 is 34.3 Å². The number of thioether (sulfide) groups is 1. The van der Waals surface area contributed by atoms with Crippen molar-refractivity contribution in [3.05, 3.63) is 46.4 Å². The number of aliphatic hydroxyl groups excluding tert-OH is 4. The second-order valence-corrected chi connectivity index (χ2v) is 8.72. The monoisotopic (exact) mass is 440 g/mol. The zero-order valence-electron chi connectivity index (χ0n) is 16.8. The lowest BCUT2D eigenvalue weighted by atomic mass is 10.0. The zero-order valence-corrected chi connectivity index (χ0v) is 17.6.